The topological polar surface area (TPSA) is 84.3 Å². The lowest BCUT2D eigenvalue weighted by molar-refractivity contribution is 0.0697. The van der Waals surface area contributed by atoms with E-state index in [-0.39, 0.29) is 30.0 Å². The van der Waals surface area contributed by atoms with Gasteiger partial charge in [-0.15, -0.1) is 11.3 Å². The Hall–Kier alpha value is -2.32. The summed E-state index contributed by atoms with van der Waals surface area (Å²) in [6.07, 6.45) is 4.75. The van der Waals surface area contributed by atoms with E-state index >= 15 is 0 Å². The van der Waals surface area contributed by atoms with Gasteiger partial charge in [0.2, 0.25) is 5.78 Å². The number of hydrogen-bond acceptors (Lipinski definition) is 7. The highest BCUT2D eigenvalue weighted by Gasteiger charge is 2.31. The van der Waals surface area contributed by atoms with Crippen LogP contribution in [0, 0.1) is 12.8 Å². The third kappa shape index (κ3) is 4.43. The van der Waals surface area contributed by atoms with Gasteiger partial charge in [-0.1, -0.05) is 24.6 Å². The van der Waals surface area contributed by atoms with Crippen molar-refractivity contribution in [2.24, 2.45) is 5.92 Å². The largest absolute Gasteiger partial charge is 0.393 e. The number of ether oxygens (including phenoxy) is 1. The number of aromatic nitrogens is 2. The molecule has 5 rings (SSSR count). The Morgan fingerprint density at radius 1 is 1.27 bits per heavy atom. The number of anilines is 1. The molecule has 0 unspecified atom stereocenters. The quantitative estimate of drug-likeness (QED) is 0.499. The first-order chi connectivity index (χ1) is 15.9. The second-order valence-corrected chi connectivity index (χ2v) is 10.6. The van der Waals surface area contributed by atoms with Gasteiger partial charge in [0.05, 0.1) is 23.2 Å². The first-order valence-electron chi connectivity index (χ1n) is 11.2. The average molecular weight is 484 g/mol. The molecule has 1 aliphatic heterocycles. The summed E-state index contributed by atoms with van der Waals surface area (Å²) in [5, 5.41) is 14.1. The smallest absolute Gasteiger partial charge is 0.208 e. The van der Waals surface area contributed by atoms with Gasteiger partial charge < -0.3 is 15.2 Å². The van der Waals surface area contributed by atoms with Crippen molar-refractivity contribution in [1.29, 1.82) is 0 Å². The number of carbonyl (C=O) groups is 1. The van der Waals surface area contributed by atoms with Crippen LogP contribution in [0.3, 0.4) is 0 Å². The zero-order valence-corrected chi connectivity index (χ0v) is 20.1. The zero-order valence-electron chi connectivity index (χ0n) is 18.5. The van der Waals surface area contributed by atoms with Gasteiger partial charge in [-0.25, -0.2) is 9.97 Å². The van der Waals surface area contributed by atoms with Gasteiger partial charge in [0.1, 0.15) is 18.2 Å². The van der Waals surface area contributed by atoms with Crippen LogP contribution < -0.4 is 5.32 Å². The minimum absolute atomic E-state index is 0.0778. The number of halogens is 1. The summed E-state index contributed by atoms with van der Waals surface area (Å²) in [5.74, 6) is 0.615. The lowest BCUT2D eigenvalue weighted by atomic mass is 9.93. The number of aliphatic hydroxyl groups excluding tert-OH is 1. The molecule has 6 nitrogen and oxygen atoms in total. The van der Waals surface area contributed by atoms with Gasteiger partial charge in [0.15, 0.2) is 0 Å². The Labute approximate surface area is 202 Å². The highest BCUT2D eigenvalue weighted by atomic mass is 35.5. The Balaban J connectivity index is 1.43. The van der Waals surface area contributed by atoms with Crippen LogP contribution in [0.1, 0.15) is 62.7 Å². The van der Waals surface area contributed by atoms with E-state index in [1.54, 1.807) is 6.20 Å². The Morgan fingerprint density at radius 3 is 2.91 bits per heavy atom. The molecule has 2 aromatic heterocycles. The molecule has 1 aliphatic carbocycles. The predicted octanol–water partition coefficient (Wildman–Crippen LogP) is 4.96. The third-order valence-corrected chi connectivity index (χ3v) is 7.95. The maximum Gasteiger partial charge on any atom is 0.208 e. The van der Waals surface area contributed by atoms with E-state index in [9.17, 15) is 9.90 Å². The molecule has 0 amide bonds. The standard InChI is InChI=1S/C25H26ClN3O3S/c1-13-7-17(9-21(13)30)29-25-20(11-27-12-28-25)23(31)22-10-18(14(2)33-22)24-19-8-16(26)4-3-15(19)5-6-32-24/h3-4,8,10-13,17,21,24,30H,5-7,9H2,1-2H3,(H,27,28,29)/t13-,17-,21+,24-/m1/s1. The molecule has 0 radical (unpaired) electrons. The maximum absolute atomic E-state index is 13.5. The average Bonchev–Trinajstić information content (AvgIpc) is 3.34. The van der Waals surface area contributed by atoms with Crippen LogP contribution in [0.5, 0.6) is 0 Å². The molecule has 1 saturated carbocycles. The van der Waals surface area contributed by atoms with Crippen LogP contribution in [-0.2, 0) is 11.2 Å². The second kappa shape index (κ2) is 9.14. The summed E-state index contributed by atoms with van der Waals surface area (Å²) in [6, 6.07) is 7.94. The van der Waals surface area contributed by atoms with Crippen LogP contribution in [0.15, 0.2) is 36.8 Å². The molecular formula is C25H26ClN3O3S. The van der Waals surface area contributed by atoms with Crippen molar-refractivity contribution in [2.45, 2.75) is 51.4 Å². The van der Waals surface area contributed by atoms with E-state index in [1.165, 1.54) is 23.2 Å². The van der Waals surface area contributed by atoms with Gasteiger partial charge in [-0.2, -0.15) is 0 Å². The molecule has 2 N–H and O–H groups in total. The van der Waals surface area contributed by atoms with Crippen LogP contribution in [0.4, 0.5) is 5.82 Å². The molecule has 3 heterocycles. The molecule has 1 aromatic carbocycles. The van der Waals surface area contributed by atoms with Crippen molar-refractivity contribution in [3.8, 4) is 0 Å². The van der Waals surface area contributed by atoms with Gasteiger partial charge in [0.25, 0.3) is 0 Å². The molecule has 0 saturated heterocycles. The van der Waals surface area contributed by atoms with Crippen molar-refractivity contribution < 1.29 is 14.6 Å². The third-order valence-electron chi connectivity index (χ3n) is 6.65. The first kappa shape index (κ1) is 22.5. The summed E-state index contributed by atoms with van der Waals surface area (Å²) in [6.45, 7) is 4.68. The molecule has 0 bridgehead atoms. The molecular weight excluding hydrogens is 458 g/mol. The number of rotatable bonds is 5. The number of ketones is 1. The predicted molar refractivity (Wildman–Crippen MR) is 129 cm³/mol. The minimum Gasteiger partial charge on any atom is -0.393 e. The molecule has 2 aliphatic rings. The Morgan fingerprint density at radius 2 is 2.12 bits per heavy atom. The highest BCUT2D eigenvalue weighted by molar-refractivity contribution is 7.14. The Kier molecular flexibility index (Phi) is 6.22. The number of hydrogen-bond donors (Lipinski definition) is 2. The molecule has 0 spiro atoms. The number of nitrogens with zero attached hydrogens (tertiary/aromatic N) is 2. The van der Waals surface area contributed by atoms with E-state index in [4.69, 9.17) is 16.3 Å². The fourth-order valence-electron chi connectivity index (χ4n) is 4.82. The fourth-order valence-corrected chi connectivity index (χ4v) is 6.00. The summed E-state index contributed by atoms with van der Waals surface area (Å²) < 4.78 is 6.13. The number of fused-ring (bicyclic) bond motifs is 1. The van der Waals surface area contributed by atoms with E-state index in [1.807, 2.05) is 32.0 Å². The summed E-state index contributed by atoms with van der Waals surface area (Å²) in [7, 11) is 0. The molecule has 8 heteroatoms. The van der Waals surface area contributed by atoms with Gasteiger partial charge in [0, 0.05) is 22.1 Å². The number of aliphatic hydroxyl groups is 1. The highest BCUT2D eigenvalue weighted by Crippen LogP contribution is 2.39. The van der Waals surface area contributed by atoms with Gasteiger partial charge in [-0.05, 0) is 67.0 Å². The minimum atomic E-state index is -0.335. The van der Waals surface area contributed by atoms with E-state index in [2.05, 4.69) is 21.4 Å². The number of benzene rings is 1. The van der Waals surface area contributed by atoms with Crippen LogP contribution >= 0.6 is 22.9 Å². The van der Waals surface area contributed by atoms with Crippen LogP contribution in [0.25, 0.3) is 0 Å². The lowest BCUT2D eigenvalue weighted by Gasteiger charge is -2.26. The van der Waals surface area contributed by atoms with Crippen LogP contribution in [-0.4, -0.2) is 39.6 Å². The normalized spacial score (nSPS) is 24.5. The number of thiophene rings is 1. The fraction of sp³-hybridized carbons (Fsp3) is 0.400. The van der Waals surface area contributed by atoms with Gasteiger partial charge >= 0.3 is 0 Å². The summed E-state index contributed by atoms with van der Waals surface area (Å²) >= 11 is 7.72. The van der Waals surface area contributed by atoms with Gasteiger partial charge in [-0.3, -0.25) is 4.79 Å². The maximum atomic E-state index is 13.5. The molecule has 4 atom stereocenters. The summed E-state index contributed by atoms with van der Waals surface area (Å²) in [4.78, 5) is 23.6. The van der Waals surface area contributed by atoms with Crippen molar-refractivity contribution in [3.05, 3.63) is 73.8 Å². The monoisotopic (exact) mass is 483 g/mol. The molecule has 1 fully saturated rings. The van der Waals surface area contributed by atoms with E-state index < -0.39 is 0 Å². The SMILES string of the molecule is Cc1sc(C(=O)c2cncnc2N[C@@H]2C[C@@H](C)[C@@H](O)C2)cc1[C@H]1OCCc2ccc(Cl)cc21. The first-order valence-corrected chi connectivity index (χ1v) is 12.4. The second-order valence-electron chi connectivity index (χ2n) is 8.94. The zero-order chi connectivity index (χ0) is 23.1. The Bertz CT molecular complexity index is 1190. The molecule has 33 heavy (non-hydrogen) atoms. The summed E-state index contributed by atoms with van der Waals surface area (Å²) in [5.41, 5.74) is 3.72. The van der Waals surface area contributed by atoms with Crippen molar-refractivity contribution >= 4 is 34.5 Å². The van der Waals surface area contributed by atoms with Crippen molar-refractivity contribution in [2.75, 3.05) is 11.9 Å². The molecule has 3 aromatic rings. The van der Waals surface area contributed by atoms with E-state index in [0.29, 0.717) is 34.3 Å². The number of aryl methyl sites for hydroxylation is 1. The van der Waals surface area contributed by atoms with Crippen LogP contribution in [0.2, 0.25) is 5.02 Å². The van der Waals surface area contributed by atoms with Crippen molar-refractivity contribution in [3.63, 3.8) is 0 Å². The number of nitrogens with one attached hydrogen (secondary N) is 1. The van der Waals surface area contributed by atoms with E-state index in [0.717, 1.165) is 28.8 Å². The molecule has 172 valence electrons. The van der Waals surface area contributed by atoms with Crippen molar-refractivity contribution in [1.82, 2.24) is 9.97 Å². The number of carbonyl (C=O) groups excluding carboxylic acids is 1. The lowest BCUT2D eigenvalue weighted by Crippen LogP contribution is -2.20.